The third-order valence-electron chi connectivity index (χ3n) is 10.5. The maximum absolute atomic E-state index is 12.8. The molecule has 4 aliphatic rings. The Kier molecular flexibility index (Phi) is 8.86. The van der Waals surface area contributed by atoms with E-state index < -0.39 is 5.91 Å². The number of benzene rings is 2. The molecular formula is C35H47N7O2. The van der Waals surface area contributed by atoms with Gasteiger partial charge in [-0.05, 0) is 132 Å². The van der Waals surface area contributed by atoms with E-state index >= 15 is 0 Å². The molecule has 0 radical (unpaired) electrons. The second kappa shape index (κ2) is 13.3. The number of fused-ring (bicyclic) bond motifs is 1. The first-order valence-corrected chi connectivity index (χ1v) is 16.8. The molecule has 4 N–H and O–H groups in total. The Morgan fingerprint density at radius 1 is 0.841 bits per heavy atom. The quantitative estimate of drug-likeness (QED) is 0.337. The molecule has 0 aliphatic carbocycles. The predicted molar refractivity (Wildman–Crippen MR) is 174 cm³/mol. The van der Waals surface area contributed by atoms with E-state index in [0.29, 0.717) is 17.2 Å². The largest absolute Gasteiger partial charge is 0.457 e. The van der Waals surface area contributed by atoms with Crippen molar-refractivity contribution in [2.24, 2.45) is 17.6 Å². The number of primary amides is 1. The Morgan fingerprint density at radius 3 is 2.25 bits per heavy atom. The second-order valence-corrected chi connectivity index (χ2v) is 13.2. The van der Waals surface area contributed by atoms with E-state index in [1.807, 2.05) is 54.6 Å². The fraction of sp³-hybridized carbons (Fsp3) is 0.543. The summed E-state index contributed by atoms with van der Waals surface area (Å²) in [6, 6.07) is 18.5. The van der Waals surface area contributed by atoms with Crippen molar-refractivity contribution in [3.8, 4) is 22.8 Å². The van der Waals surface area contributed by atoms with Gasteiger partial charge in [0.1, 0.15) is 28.6 Å². The van der Waals surface area contributed by atoms with Crippen molar-refractivity contribution in [2.75, 3.05) is 57.7 Å². The van der Waals surface area contributed by atoms with Crippen molar-refractivity contribution in [1.82, 2.24) is 24.9 Å². The van der Waals surface area contributed by atoms with Crippen molar-refractivity contribution >= 4 is 11.7 Å². The highest BCUT2D eigenvalue weighted by Gasteiger charge is 2.37. The van der Waals surface area contributed by atoms with Gasteiger partial charge < -0.3 is 30.9 Å². The van der Waals surface area contributed by atoms with Gasteiger partial charge in [0.05, 0.1) is 6.04 Å². The number of piperidine rings is 3. The van der Waals surface area contributed by atoms with Crippen LogP contribution in [0.4, 0.5) is 5.82 Å². The summed E-state index contributed by atoms with van der Waals surface area (Å²) in [5.74, 6) is 3.27. The van der Waals surface area contributed by atoms with E-state index in [9.17, 15) is 4.79 Å². The number of likely N-dealkylation sites (tertiary alicyclic amines) is 2. The Morgan fingerprint density at radius 2 is 1.55 bits per heavy atom. The number of nitrogens with two attached hydrogens (primary N) is 1. The maximum atomic E-state index is 12.8. The molecule has 234 valence electrons. The summed E-state index contributed by atoms with van der Waals surface area (Å²) in [6.07, 6.45) is 8.62. The summed E-state index contributed by atoms with van der Waals surface area (Å²) >= 11 is 0. The van der Waals surface area contributed by atoms with Crippen molar-refractivity contribution in [3.05, 3.63) is 60.2 Å². The van der Waals surface area contributed by atoms with Gasteiger partial charge in [-0.3, -0.25) is 4.79 Å². The van der Waals surface area contributed by atoms with Crippen LogP contribution < -0.4 is 21.1 Å². The molecule has 0 saturated carbocycles. The monoisotopic (exact) mass is 597 g/mol. The van der Waals surface area contributed by atoms with Crippen LogP contribution in [-0.2, 0) is 0 Å². The number of anilines is 1. The minimum atomic E-state index is -0.444. The second-order valence-electron chi connectivity index (χ2n) is 13.2. The average molecular weight is 598 g/mol. The summed E-state index contributed by atoms with van der Waals surface area (Å²) < 4.78 is 8.07. The minimum Gasteiger partial charge on any atom is -0.457 e. The first-order chi connectivity index (χ1) is 21.6. The number of nitrogens with one attached hydrogen (secondary N) is 2. The van der Waals surface area contributed by atoms with Crippen LogP contribution in [0.3, 0.4) is 0 Å². The van der Waals surface area contributed by atoms with Gasteiger partial charge >= 0.3 is 0 Å². The molecule has 0 unspecified atom stereocenters. The number of hydrogen-bond acceptors (Lipinski definition) is 7. The van der Waals surface area contributed by atoms with E-state index in [1.165, 1.54) is 71.2 Å². The van der Waals surface area contributed by atoms with Crippen molar-refractivity contribution < 1.29 is 9.53 Å². The summed E-state index contributed by atoms with van der Waals surface area (Å²) in [5, 5.41) is 12.0. The first kappa shape index (κ1) is 29.3. The molecule has 0 spiro atoms. The minimum absolute atomic E-state index is 0.271. The molecule has 7 rings (SSSR count). The molecule has 3 fully saturated rings. The van der Waals surface area contributed by atoms with Crippen molar-refractivity contribution in [3.63, 3.8) is 0 Å². The molecule has 0 bridgehead atoms. The van der Waals surface area contributed by atoms with Gasteiger partial charge in [0.25, 0.3) is 5.91 Å². The number of para-hydroxylation sites is 1. The molecule has 3 aromatic rings. The molecule has 44 heavy (non-hydrogen) atoms. The number of ether oxygens (including phenoxy) is 1. The first-order valence-electron chi connectivity index (χ1n) is 16.8. The van der Waals surface area contributed by atoms with Gasteiger partial charge in [0, 0.05) is 24.7 Å². The van der Waals surface area contributed by atoms with Crippen LogP contribution in [0.2, 0.25) is 0 Å². The molecule has 5 heterocycles. The standard InChI is InChI=1S/C35H47N7O2/c36-34(43)32-33(27-6-8-30(9-7-27)44-29-4-2-1-3-5-29)39-42-31(12-19-38-35(32)42)26-13-22-41(23-14-26)28-15-20-40(21-16-28)24-25-10-17-37-18-11-25/h1-9,25-26,28,31,37-38H,10-24H2,(H2,36,43)/t31-/m0/s1. The van der Waals surface area contributed by atoms with Crippen LogP contribution in [0.15, 0.2) is 54.6 Å². The molecule has 9 nitrogen and oxygen atoms in total. The number of aromatic nitrogens is 2. The van der Waals surface area contributed by atoms with Gasteiger partial charge in [-0.25, -0.2) is 4.68 Å². The van der Waals surface area contributed by atoms with E-state index in [2.05, 4.69) is 25.1 Å². The van der Waals surface area contributed by atoms with E-state index in [0.717, 1.165) is 60.9 Å². The lowest BCUT2D eigenvalue weighted by Crippen LogP contribution is -2.49. The zero-order valence-electron chi connectivity index (χ0n) is 25.8. The van der Waals surface area contributed by atoms with E-state index in [-0.39, 0.29) is 6.04 Å². The number of nitrogens with zero attached hydrogens (tertiary/aromatic N) is 4. The number of amides is 1. The topological polar surface area (TPSA) is 101 Å². The van der Waals surface area contributed by atoms with Crippen LogP contribution >= 0.6 is 0 Å². The molecule has 3 saturated heterocycles. The highest BCUT2D eigenvalue weighted by molar-refractivity contribution is 6.03. The summed E-state index contributed by atoms with van der Waals surface area (Å²) in [5.41, 5.74) is 7.96. The third kappa shape index (κ3) is 6.36. The fourth-order valence-corrected chi connectivity index (χ4v) is 8.05. The Bertz CT molecular complexity index is 1390. The molecule has 1 amide bonds. The summed E-state index contributed by atoms with van der Waals surface area (Å²) in [6.45, 7) is 9.31. The Labute approximate surface area is 261 Å². The number of carbonyl (C=O) groups is 1. The molecule has 9 heteroatoms. The van der Waals surface area contributed by atoms with E-state index in [4.69, 9.17) is 15.6 Å². The normalized spacial score (nSPS) is 22.8. The lowest BCUT2D eigenvalue weighted by atomic mass is 9.85. The van der Waals surface area contributed by atoms with Gasteiger partial charge in [-0.2, -0.15) is 5.10 Å². The average Bonchev–Trinajstić information content (AvgIpc) is 3.47. The van der Waals surface area contributed by atoms with Crippen LogP contribution in [0.1, 0.15) is 61.3 Å². The lowest BCUT2D eigenvalue weighted by molar-refractivity contribution is 0.0582. The predicted octanol–water partition coefficient (Wildman–Crippen LogP) is 4.97. The molecule has 1 aromatic heterocycles. The van der Waals surface area contributed by atoms with Gasteiger partial charge in [-0.1, -0.05) is 18.2 Å². The summed E-state index contributed by atoms with van der Waals surface area (Å²) in [4.78, 5) is 18.3. The Balaban J connectivity index is 0.994. The van der Waals surface area contributed by atoms with Gasteiger partial charge in [0.2, 0.25) is 0 Å². The smallest absolute Gasteiger partial charge is 0.254 e. The molecule has 1 atom stereocenters. The number of carbonyl (C=O) groups excluding carboxylic acids is 1. The summed E-state index contributed by atoms with van der Waals surface area (Å²) in [7, 11) is 0. The molecule has 2 aromatic carbocycles. The van der Waals surface area contributed by atoms with Crippen LogP contribution in [0.25, 0.3) is 11.3 Å². The van der Waals surface area contributed by atoms with Crippen LogP contribution in [0.5, 0.6) is 11.5 Å². The van der Waals surface area contributed by atoms with Crippen molar-refractivity contribution in [2.45, 2.75) is 57.0 Å². The van der Waals surface area contributed by atoms with Crippen LogP contribution in [0, 0.1) is 11.8 Å². The van der Waals surface area contributed by atoms with E-state index in [1.54, 1.807) is 0 Å². The Hall–Kier alpha value is -3.40. The highest BCUT2D eigenvalue weighted by Crippen LogP contribution is 2.40. The molecular weight excluding hydrogens is 550 g/mol. The van der Waals surface area contributed by atoms with Gasteiger partial charge in [0.15, 0.2) is 0 Å². The number of rotatable bonds is 8. The fourth-order valence-electron chi connectivity index (χ4n) is 8.05. The number of hydrogen-bond donors (Lipinski definition) is 3. The SMILES string of the molecule is NC(=O)c1c(-c2ccc(Oc3ccccc3)cc2)nn2c1NCC[C@H]2C1CCN(C2CCN(CC3CCNCC3)CC2)CC1. The molecule has 4 aliphatic heterocycles. The highest BCUT2D eigenvalue weighted by atomic mass is 16.5. The van der Waals surface area contributed by atoms with Crippen molar-refractivity contribution in [1.29, 1.82) is 0 Å². The zero-order chi connectivity index (χ0) is 29.9. The lowest BCUT2D eigenvalue weighted by Gasteiger charge is -2.44. The van der Waals surface area contributed by atoms with Crippen LogP contribution in [-0.4, -0.2) is 83.9 Å². The maximum Gasteiger partial charge on any atom is 0.254 e. The third-order valence-corrected chi connectivity index (χ3v) is 10.5. The van der Waals surface area contributed by atoms with Gasteiger partial charge in [-0.15, -0.1) is 0 Å². The zero-order valence-corrected chi connectivity index (χ0v) is 25.8.